The average Bonchev–Trinajstić information content (AvgIpc) is 2.46. The minimum Gasteiger partial charge on any atom is -0.339 e. The van der Waals surface area contributed by atoms with Gasteiger partial charge in [0.15, 0.2) is 0 Å². The van der Waals surface area contributed by atoms with Gasteiger partial charge in [-0.1, -0.05) is 29.3 Å². The molecule has 2 rings (SSSR count). The topological polar surface area (TPSA) is 29.1 Å². The molecule has 0 spiro atoms. The predicted molar refractivity (Wildman–Crippen MR) is 64.4 cm³/mol. The van der Waals surface area contributed by atoms with Crippen LogP contribution in [0, 0.1) is 0 Å². The number of nitrogens with one attached hydrogen (secondary N) is 1. The minimum absolute atomic E-state index is 0.0262. The maximum Gasteiger partial charge on any atom is 0.234 e. The third kappa shape index (κ3) is 2.25. The monoisotopic (exact) mass is 261 g/mol. The summed E-state index contributed by atoms with van der Waals surface area (Å²) in [5.41, 5.74) is 0.906. The summed E-state index contributed by atoms with van der Waals surface area (Å²) in [6.45, 7) is 1.88. The van der Waals surface area contributed by atoms with Gasteiger partial charge in [-0.25, -0.2) is 0 Å². The Labute approximate surface area is 102 Å². The Morgan fingerprint density at radius 1 is 1.40 bits per heavy atom. The van der Waals surface area contributed by atoms with Crippen LogP contribution in [-0.2, 0) is 4.79 Å². The van der Waals surface area contributed by atoms with Crippen LogP contribution in [0.3, 0.4) is 0 Å². The largest absolute Gasteiger partial charge is 0.339 e. The Morgan fingerprint density at radius 3 is 2.67 bits per heavy atom. The number of hydrogen-bond acceptors (Lipinski definition) is 2. The molecule has 1 fully saturated rings. The van der Waals surface area contributed by atoms with Crippen molar-refractivity contribution in [3.63, 3.8) is 0 Å². The number of hydrogen-bond donors (Lipinski definition) is 1. The van der Waals surface area contributed by atoms with E-state index >= 15 is 0 Å². The molecular formula is C10H9Cl2NOS. The zero-order valence-corrected chi connectivity index (χ0v) is 10.3. The highest BCUT2D eigenvalue weighted by atomic mass is 35.5. The molecule has 0 unspecified atom stereocenters. The van der Waals surface area contributed by atoms with Crippen molar-refractivity contribution in [1.29, 1.82) is 0 Å². The Morgan fingerprint density at radius 2 is 2.13 bits per heavy atom. The molecule has 15 heavy (non-hydrogen) atoms. The van der Waals surface area contributed by atoms with E-state index in [1.54, 1.807) is 23.9 Å². The summed E-state index contributed by atoms with van der Waals surface area (Å²) < 4.78 is 0. The lowest BCUT2D eigenvalue weighted by molar-refractivity contribution is -0.119. The van der Waals surface area contributed by atoms with Gasteiger partial charge in [-0.2, -0.15) is 0 Å². The predicted octanol–water partition coefficient (Wildman–Crippen LogP) is 3.24. The number of halogens is 2. The molecule has 1 amide bonds. The van der Waals surface area contributed by atoms with Crippen LogP contribution < -0.4 is 5.32 Å². The fourth-order valence-electron chi connectivity index (χ4n) is 1.41. The van der Waals surface area contributed by atoms with Crippen molar-refractivity contribution >= 4 is 40.9 Å². The van der Waals surface area contributed by atoms with Crippen LogP contribution in [0.2, 0.25) is 10.0 Å². The number of benzene rings is 1. The highest BCUT2D eigenvalue weighted by molar-refractivity contribution is 8.01. The Hall–Kier alpha value is -0.380. The van der Waals surface area contributed by atoms with Gasteiger partial charge in [-0.05, 0) is 19.1 Å². The molecule has 1 heterocycles. The van der Waals surface area contributed by atoms with Crippen molar-refractivity contribution in [3.05, 3.63) is 33.8 Å². The standard InChI is InChI=1S/C10H9Cl2NOS/c1-5-9(14)13-10(15-5)7-3-2-6(11)4-8(7)12/h2-5,10H,1H3,(H,13,14)/t5-,10-/m0/s1. The lowest BCUT2D eigenvalue weighted by Crippen LogP contribution is -2.22. The molecule has 0 saturated carbocycles. The molecule has 1 aliphatic rings. The Kier molecular flexibility index (Phi) is 3.14. The normalized spacial score (nSPS) is 25.4. The number of rotatable bonds is 1. The number of amides is 1. The molecule has 1 aromatic rings. The van der Waals surface area contributed by atoms with Crippen LogP contribution in [0.4, 0.5) is 0 Å². The summed E-state index contributed by atoms with van der Waals surface area (Å²) in [5.74, 6) is 0.0519. The van der Waals surface area contributed by atoms with Crippen molar-refractivity contribution in [1.82, 2.24) is 5.32 Å². The first-order chi connectivity index (χ1) is 7.08. The molecule has 0 aliphatic carbocycles. The molecule has 0 aromatic heterocycles. The molecule has 2 atom stereocenters. The van der Waals surface area contributed by atoms with E-state index in [0.29, 0.717) is 10.0 Å². The molecule has 0 radical (unpaired) electrons. The van der Waals surface area contributed by atoms with E-state index in [0.717, 1.165) is 5.56 Å². The summed E-state index contributed by atoms with van der Waals surface area (Å²) >= 11 is 13.4. The second-order valence-electron chi connectivity index (χ2n) is 3.33. The van der Waals surface area contributed by atoms with Gasteiger partial charge < -0.3 is 5.32 Å². The van der Waals surface area contributed by atoms with Crippen LogP contribution in [0.25, 0.3) is 0 Å². The quantitative estimate of drug-likeness (QED) is 0.841. The van der Waals surface area contributed by atoms with Crippen LogP contribution >= 0.6 is 35.0 Å². The zero-order chi connectivity index (χ0) is 11.0. The van der Waals surface area contributed by atoms with E-state index in [-0.39, 0.29) is 16.5 Å². The van der Waals surface area contributed by atoms with Crippen molar-refractivity contribution < 1.29 is 4.79 Å². The van der Waals surface area contributed by atoms with Crippen molar-refractivity contribution in [3.8, 4) is 0 Å². The van der Waals surface area contributed by atoms with Crippen LogP contribution in [0.1, 0.15) is 17.9 Å². The molecular weight excluding hydrogens is 253 g/mol. The first-order valence-electron chi connectivity index (χ1n) is 4.48. The van der Waals surface area contributed by atoms with E-state index in [2.05, 4.69) is 5.32 Å². The molecule has 1 aromatic carbocycles. The lowest BCUT2D eigenvalue weighted by Gasteiger charge is -2.11. The summed E-state index contributed by atoms with van der Waals surface area (Å²) in [5, 5.41) is 3.99. The van der Waals surface area contributed by atoms with Gasteiger partial charge >= 0.3 is 0 Å². The van der Waals surface area contributed by atoms with E-state index in [1.807, 2.05) is 13.0 Å². The molecule has 1 aliphatic heterocycles. The van der Waals surface area contributed by atoms with E-state index in [4.69, 9.17) is 23.2 Å². The van der Waals surface area contributed by atoms with Gasteiger partial charge in [-0.3, -0.25) is 4.79 Å². The first kappa shape index (κ1) is 11.1. The maximum absolute atomic E-state index is 11.3. The summed E-state index contributed by atoms with van der Waals surface area (Å²) in [6, 6.07) is 5.31. The van der Waals surface area contributed by atoms with Crippen LogP contribution in [0.15, 0.2) is 18.2 Å². The number of carbonyl (C=O) groups excluding carboxylic acids is 1. The second kappa shape index (κ2) is 4.24. The smallest absolute Gasteiger partial charge is 0.234 e. The van der Waals surface area contributed by atoms with E-state index in [1.165, 1.54) is 0 Å². The molecule has 5 heteroatoms. The first-order valence-corrected chi connectivity index (χ1v) is 6.18. The van der Waals surface area contributed by atoms with E-state index in [9.17, 15) is 4.79 Å². The van der Waals surface area contributed by atoms with Gasteiger partial charge in [0.05, 0.1) is 5.25 Å². The third-order valence-electron chi connectivity index (χ3n) is 2.23. The number of thioether (sulfide) groups is 1. The fraction of sp³-hybridized carbons (Fsp3) is 0.300. The third-order valence-corrected chi connectivity index (χ3v) is 4.06. The summed E-state index contributed by atoms with van der Waals surface area (Å²) in [7, 11) is 0. The highest BCUT2D eigenvalue weighted by Crippen LogP contribution is 2.39. The molecule has 1 saturated heterocycles. The van der Waals surface area contributed by atoms with Gasteiger partial charge in [0, 0.05) is 15.6 Å². The summed E-state index contributed by atoms with van der Waals surface area (Å²) in [4.78, 5) is 11.3. The molecule has 1 N–H and O–H groups in total. The van der Waals surface area contributed by atoms with E-state index < -0.39 is 0 Å². The van der Waals surface area contributed by atoms with Crippen LogP contribution in [-0.4, -0.2) is 11.2 Å². The Balaban J connectivity index is 2.27. The average molecular weight is 262 g/mol. The van der Waals surface area contributed by atoms with Gasteiger partial charge in [0.2, 0.25) is 5.91 Å². The van der Waals surface area contributed by atoms with Gasteiger partial charge in [0.1, 0.15) is 5.37 Å². The molecule has 80 valence electrons. The molecule has 2 nitrogen and oxygen atoms in total. The molecule has 0 bridgehead atoms. The lowest BCUT2D eigenvalue weighted by atomic mass is 10.2. The van der Waals surface area contributed by atoms with Crippen molar-refractivity contribution in [2.24, 2.45) is 0 Å². The fourth-order valence-corrected chi connectivity index (χ4v) is 3.13. The van der Waals surface area contributed by atoms with Crippen molar-refractivity contribution in [2.75, 3.05) is 0 Å². The summed E-state index contributed by atoms with van der Waals surface area (Å²) in [6.07, 6.45) is 0. The Bertz CT molecular complexity index is 410. The minimum atomic E-state index is -0.0581. The van der Waals surface area contributed by atoms with Crippen LogP contribution in [0.5, 0.6) is 0 Å². The second-order valence-corrected chi connectivity index (χ2v) is 5.63. The SMILES string of the molecule is C[C@@H]1S[C@@H](c2ccc(Cl)cc2Cl)NC1=O. The van der Waals surface area contributed by atoms with Crippen molar-refractivity contribution in [2.45, 2.75) is 17.5 Å². The highest BCUT2D eigenvalue weighted by Gasteiger charge is 2.31. The number of carbonyl (C=O) groups is 1. The van der Waals surface area contributed by atoms with Gasteiger partial charge in [-0.15, -0.1) is 11.8 Å². The zero-order valence-electron chi connectivity index (χ0n) is 7.96. The van der Waals surface area contributed by atoms with Gasteiger partial charge in [0.25, 0.3) is 0 Å². The maximum atomic E-state index is 11.3.